The largest absolute Gasteiger partial charge is 0.328 e. The molecule has 0 atom stereocenters. The Kier molecular flexibility index (Phi) is 6.08. The number of nitrogens with two attached hydrogens (primary N) is 1. The second-order valence-corrected chi connectivity index (χ2v) is 3.44. The van der Waals surface area contributed by atoms with Gasteiger partial charge in [-0.3, -0.25) is 0 Å². The van der Waals surface area contributed by atoms with Gasteiger partial charge in [0.2, 0.25) is 0 Å². The van der Waals surface area contributed by atoms with Crippen LogP contribution in [-0.2, 0) is 0 Å². The van der Waals surface area contributed by atoms with Crippen molar-refractivity contribution in [1.29, 1.82) is 0 Å². The highest BCUT2D eigenvalue weighted by atomic mass is 35.5. The predicted octanol–water partition coefficient (Wildman–Crippen LogP) is 1.56. The third-order valence-electron chi connectivity index (χ3n) is 2.55. The maximum Gasteiger partial charge on any atom is 0.137 e. The standard InChI is InChI=1S/C8H14N4.2ClH/c9-7-1-3-8(4-2-7)12-6-10-5-11-12;;/h5-8H,1-4,9H2;2*1H. The van der Waals surface area contributed by atoms with E-state index in [1.165, 1.54) is 0 Å². The number of nitrogens with zero attached hydrogens (tertiary/aromatic N) is 3. The molecule has 1 heterocycles. The number of halogens is 2. The molecule has 0 unspecified atom stereocenters. The predicted molar refractivity (Wildman–Crippen MR) is 60.0 cm³/mol. The van der Waals surface area contributed by atoms with Gasteiger partial charge in [-0.25, -0.2) is 9.67 Å². The molecule has 14 heavy (non-hydrogen) atoms. The zero-order chi connectivity index (χ0) is 8.39. The number of hydrogen-bond acceptors (Lipinski definition) is 3. The summed E-state index contributed by atoms with van der Waals surface area (Å²) in [4.78, 5) is 3.94. The van der Waals surface area contributed by atoms with Crippen LogP contribution in [0, 0.1) is 0 Å². The summed E-state index contributed by atoms with van der Waals surface area (Å²) in [5.41, 5.74) is 5.81. The molecule has 4 nitrogen and oxygen atoms in total. The molecule has 82 valence electrons. The molecule has 1 aliphatic carbocycles. The van der Waals surface area contributed by atoms with Crippen LogP contribution in [0.3, 0.4) is 0 Å². The van der Waals surface area contributed by atoms with E-state index in [4.69, 9.17) is 5.73 Å². The Balaban J connectivity index is 0.000000845. The van der Waals surface area contributed by atoms with Crippen LogP contribution >= 0.6 is 24.8 Å². The van der Waals surface area contributed by atoms with Gasteiger partial charge in [-0.1, -0.05) is 0 Å². The molecule has 2 rings (SSSR count). The average molecular weight is 239 g/mol. The van der Waals surface area contributed by atoms with Crippen LogP contribution in [-0.4, -0.2) is 20.8 Å². The molecule has 1 aliphatic rings. The summed E-state index contributed by atoms with van der Waals surface area (Å²) in [5.74, 6) is 0. The maximum atomic E-state index is 5.81. The van der Waals surface area contributed by atoms with Crippen molar-refractivity contribution in [3.8, 4) is 0 Å². The van der Waals surface area contributed by atoms with Crippen LogP contribution in [0.15, 0.2) is 12.7 Å². The molecule has 0 radical (unpaired) electrons. The van der Waals surface area contributed by atoms with Crippen molar-refractivity contribution in [2.75, 3.05) is 0 Å². The molecular formula is C8H16Cl2N4. The Labute approximate surface area is 96.1 Å². The van der Waals surface area contributed by atoms with Crippen LogP contribution in [0.2, 0.25) is 0 Å². The van der Waals surface area contributed by atoms with Gasteiger partial charge in [-0.2, -0.15) is 5.10 Å². The van der Waals surface area contributed by atoms with Crippen molar-refractivity contribution in [2.24, 2.45) is 5.73 Å². The molecule has 1 aromatic rings. The minimum Gasteiger partial charge on any atom is -0.328 e. The van der Waals surface area contributed by atoms with Gasteiger partial charge in [0.15, 0.2) is 0 Å². The smallest absolute Gasteiger partial charge is 0.137 e. The molecule has 0 aromatic carbocycles. The molecule has 1 saturated carbocycles. The molecule has 0 aliphatic heterocycles. The van der Waals surface area contributed by atoms with Gasteiger partial charge in [-0.05, 0) is 25.7 Å². The summed E-state index contributed by atoms with van der Waals surface area (Å²) in [5, 5.41) is 4.13. The van der Waals surface area contributed by atoms with Crippen molar-refractivity contribution in [3.63, 3.8) is 0 Å². The monoisotopic (exact) mass is 238 g/mol. The normalized spacial score (nSPS) is 26.1. The van der Waals surface area contributed by atoms with Crippen LogP contribution in [0.25, 0.3) is 0 Å². The molecular weight excluding hydrogens is 223 g/mol. The molecule has 0 saturated heterocycles. The highest BCUT2D eigenvalue weighted by Crippen LogP contribution is 2.26. The second-order valence-electron chi connectivity index (χ2n) is 3.44. The lowest BCUT2D eigenvalue weighted by atomic mass is 9.92. The van der Waals surface area contributed by atoms with Crippen LogP contribution in [0.1, 0.15) is 31.7 Å². The van der Waals surface area contributed by atoms with Crippen molar-refractivity contribution in [1.82, 2.24) is 14.8 Å². The third kappa shape index (κ3) is 3.12. The SMILES string of the molecule is Cl.Cl.NC1CCC(n2cncn2)CC1. The highest BCUT2D eigenvalue weighted by Gasteiger charge is 2.19. The van der Waals surface area contributed by atoms with E-state index in [2.05, 4.69) is 10.1 Å². The first kappa shape index (κ1) is 13.7. The van der Waals surface area contributed by atoms with Gasteiger partial charge in [0.25, 0.3) is 0 Å². The summed E-state index contributed by atoms with van der Waals surface area (Å²) < 4.78 is 1.95. The van der Waals surface area contributed by atoms with Crippen molar-refractivity contribution in [3.05, 3.63) is 12.7 Å². The first-order valence-electron chi connectivity index (χ1n) is 4.46. The summed E-state index contributed by atoms with van der Waals surface area (Å²) >= 11 is 0. The Morgan fingerprint density at radius 2 is 1.79 bits per heavy atom. The van der Waals surface area contributed by atoms with Crippen molar-refractivity contribution in [2.45, 2.75) is 37.8 Å². The van der Waals surface area contributed by atoms with Gasteiger partial charge < -0.3 is 5.73 Å². The fourth-order valence-electron chi connectivity index (χ4n) is 1.77. The first-order chi connectivity index (χ1) is 5.86. The van der Waals surface area contributed by atoms with Crippen molar-refractivity contribution < 1.29 is 0 Å². The summed E-state index contributed by atoms with van der Waals surface area (Å²) in [6.45, 7) is 0. The third-order valence-corrected chi connectivity index (χ3v) is 2.55. The van der Waals surface area contributed by atoms with E-state index in [-0.39, 0.29) is 24.8 Å². The zero-order valence-corrected chi connectivity index (χ0v) is 9.51. The highest BCUT2D eigenvalue weighted by molar-refractivity contribution is 5.85. The molecule has 1 fully saturated rings. The number of rotatable bonds is 1. The Morgan fingerprint density at radius 3 is 2.29 bits per heavy atom. The van der Waals surface area contributed by atoms with E-state index in [0.717, 1.165) is 25.7 Å². The quantitative estimate of drug-likeness (QED) is 0.809. The topological polar surface area (TPSA) is 56.7 Å². The molecule has 0 amide bonds. The van der Waals surface area contributed by atoms with E-state index in [9.17, 15) is 0 Å². The summed E-state index contributed by atoms with van der Waals surface area (Å²) in [6, 6.07) is 0.942. The van der Waals surface area contributed by atoms with E-state index < -0.39 is 0 Å². The number of hydrogen-bond donors (Lipinski definition) is 1. The Morgan fingerprint density at radius 1 is 1.14 bits per heavy atom. The zero-order valence-electron chi connectivity index (χ0n) is 7.87. The average Bonchev–Trinajstić information content (AvgIpc) is 2.58. The van der Waals surface area contributed by atoms with E-state index in [1.54, 1.807) is 12.7 Å². The Hall–Kier alpha value is -0.320. The van der Waals surface area contributed by atoms with Gasteiger partial charge in [-0.15, -0.1) is 24.8 Å². The van der Waals surface area contributed by atoms with E-state index in [1.807, 2.05) is 4.68 Å². The molecule has 1 aromatic heterocycles. The summed E-state index contributed by atoms with van der Waals surface area (Å²) in [7, 11) is 0. The minimum absolute atomic E-state index is 0. The van der Waals surface area contributed by atoms with Crippen LogP contribution in [0.5, 0.6) is 0 Å². The van der Waals surface area contributed by atoms with E-state index >= 15 is 0 Å². The molecule has 6 heteroatoms. The molecule has 0 spiro atoms. The van der Waals surface area contributed by atoms with Gasteiger partial charge in [0.1, 0.15) is 12.7 Å². The number of aromatic nitrogens is 3. The lowest BCUT2D eigenvalue weighted by Crippen LogP contribution is -2.27. The lowest BCUT2D eigenvalue weighted by Gasteiger charge is -2.25. The first-order valence-corrected chi connectivity index (χ1v) is 4.46. The van der Waals surface area contributed by atoms with Crippen LogP contribution < -0.4 is 5.73 Å². The Bertz CT molecular complexity index is 231. The van der Waals surface area contributed by atoms with Gasteiger partial charge in [0.05, 0.1) is 6.04 Å². The maximum absolute atomic E-state index is 5.81. The van der Waals surface area contributed by atoms with Gasteiger partial charge in [0, 0.05) is 6.04 Å². The fourth-order valence-corrected chi connectivity index (χ4v) is 1.77. The molecule has 2 N–H and O–H groups in total. The van der Waals surface area contributed by atoms with Crippen LogP contribution in [0.4, 0.5) is 0 Å². The van der Waals surface area contributed by atoms with Gasteiger partial charge >= 0.3 is 0 Å². The fraction of sp³-hybridized carbons (Fsp3) is 0.750. The van der Waals surface area contributed by atoms with Crippen molar-refractivity contribution >= 4 is 24.8 Å². The molecule has 0 bridgehead atoms. The summed E-state index contributed by atoms with van der Waals surface area (Å²) in [6.07, 6.45) is 7.90. The second kappa shape index (κ2) is 6.22. The lowest BCUT2D eigenvalue weighted by molar-refractivity contribution is 0.304. The van der Waals surface area contributed by atoms with E-state index in [0.29, 0.717) is 12.1 Å². The minimum atomic E-state index is 0.